The molecule has 3 aromatic rings. The Kier molecular flexibility index (Phi) is 6.93. The van der Waals surface area contributed by atoms with Crippen LogP contribution in [0.3, 0.4) is 0 Å². The van der Waals surface area contributed by atoms with E-state index >= 15 is 0 Å². The highest BCUT2D eigenvalue weighted by Gasteiger charge is 2.48. The number of hydrogen-bond acceptors (Lipinski definition) is 6. The number of methoxy groups -OCH3 is 1. The van der Waals surface area contributed by atoms with Crippen LogP contribution in [-0.2, 0) is 9.59 Å². The fourth-order valence-electron chi connectivity index (χ4n) is 4.56. The summed E-state index contributed by atoms with van der Waals surface area (Å²) in [7, 11) is 1.60. The summed E-state index contributed by atoms with van der Waals surface area (Å²) in [5.74, 6) is 0.717. The van der Waals surface area contributed by atoms with Gasteiger partial charge in [-0.1, -0.05) is 13.8 Å². The number of rotatable bonds is 7. The third-order valence-corrected chi connectivity index (χ3v) is 6.35. The quantitative estimate of drug-likeness (QED) is 0.247. The van der Waals surface area contributed by atoms with Crippen LogP contribution >= 0.6 is 0 Å². The molecule has 7 heteroatoms. The minimum Gasteiger partial charge on any atom is -0.507 e. The number of anilines is 1. The number of Topliss-reactive ketones (excluding diaryl/α,β-unsaturated/α-hetero) is 1. The van der Waals surface area contributed by atoms with Crippen molar-refractivity contribution < 1.29 is 28.6 Å². The monoisotopic (exact) mass is 489 g/mol. The molecule has 1 N–H and O–H groups in total. The van der Waals surface area contributed by atoms with Gasteiger partial charge in [-0.15, -0.1) is 0 Å². The van der Waals surface area contributed by atoms with E-state index in [0.29, 0.717) is 40.9 Å². The van der Waals surface area contributed by atoms with Gasteiger partial charge in [0.15, 0.2) is 0 Å². The molecule has 0 spiro atoms. The molecular weight excluding hydrogens is 458 g/mol. The van der Waals surface area contributed by atoms with Gasteiger partial charge in [0.2, 0.25) is 0 Å². The summed E-state index contributed by atoms with van der Waals surface area (Å²) in [5.41, 5.74) is 2.54. The maximum absolute atomic E-state index is 13.4. The molecule has 1 fully saturated rings. The summed E-state index contributed by atoms with van der Waals surface area (Å²) in [4.78, 5) is 28.1. The Morgan fingerprint density at radius 2 is 1.78 bits per heavy atom. The van der Waals surface area contributed by atoms with Gasteiger partial charge in [0.05, 0.1) is 19.3 Å². The van der Waals surface area contributed by atoms with Crippen LogP contribution in [0.2, 0.25) is 0 Å². The Balaban J connectivity index is 1.92. The molecule has 0 bridgehead atoms. The molecule has 7 nitrogen and oxygen atoms in total. The lowest BCUT2D eigenvalue weighted by Crippen LogP contribution is -2.29. The summed E-state index contributed by atoms with van der Waals surface area (Å²) in [5, 5.41) is 11.6. The number of hydrogen-bond donors (Lipinski definition) is 1. The van der Waals surface area contributed by atoms with E-state index < -0.39 is 17.7 Å². The standard InChI is InChI=1S/C29H31NO6/c1-7-35-20-11-9-19(10-12-20)30-26(23-13-8-18(5)36-23)25(28(32)29(30)33)27(31)22-15-21(16(2)3)24(34-6)14-17(22)4/h8-16,26,31H,7H2,1-6H3/b27-25+. The van der Waals surface area contributed by atoms with Crippen molar-refractivity contribution in [3.8, 4) is 11.5 Å². The van der Waals surface area contributed by atoms with Gasteiger partial charge in [-0.05, 0) is 86.3 Å². The van der Waals surface area contributed by atoms with Crippen LogP contribution in [0.5, 0.6) is 11.5 Å². The molecule has 2 heterocycles. The van der Waals surface area contributed by atoms with E-state index in [1.165, 1.54) is 4.90 Å². The lowest BCUT2D eigenvalue weighted by Gasteiger charge is -2.24. The summed E-state index contributed by atoms with van der Waals surface area (Å²) >= 11 is 0. The van der Waals surface area contributed by atoms with Crippen LogP contribution in [-0.4, -0.2) is 30.5 Å². The molecule has 0 radical (unpaired) electrons. The number of furan rings is 1. The number of carbonyl (C=O) groups is 2. The average molecular weight is 490 g/mol. The third-order valence-electron chi connectivity index (χ3n) is 6.35. The normalized spacial score (nSPS) is 17.2. The first kappa shape index (κ1) is 25.1. The Morgan fingerprint density at radius 3 is 2.33 bits per heavy atom. The van der Waals surface area contributed by atoms with Crippen LogP contribution in [0.1, 0.15) is 60.9 Å². The van der Waals surface area contributed by atoms with Gasteiger partial charge in [-0.2, -0.15) is 0 Å². The highest BCUT2D eigenvalue weighted by atomic mass is 16.5. The number of aryl methyl sites for hydroxylation is 2. The molecule has 1 amide bonds. The summed E-state index contributed by atoms with van der Waals surface area (Å²) in [6, 6.07) is 13.1. The molecule has 36 heavy (non-hydrogen) atoms. The fourth-order valence-corrected chi connectivity index (χ4v) is 4.56. The first-order valence-corrected chi connectivity index (χ1v) is 12.0. The van der Waals surface area contributed by atoms with E-state index in [2.05, 4.69) is 0 Å². The smallest absolute Gasteiger partial charge is 0.300 e. The maximum Gasteiger partial charge on any atom is 0.300 e. The van der Waals surface area contributed by atoms with Gasteiger partial charge in [0.25, 0.3) is 11.7 Å². The van der Waals surface area contributed by atoms with Crippen molar-refractivity contribution in [2.45, 2.75) is 46.6 Å². The minimum absolute atomic E-state index is 0.0220. The maximum atomic E-state index is 13.4. The van der Waals surface area contributed by atoms with E-state index in [1.807, 2.05) is 39.8 Å². The zero-order valence-electron chi connectivity index (χ0n) is 21.4. The topological polar surface area (TPSA) is 89.2 Å². The molecular formula is C29H31NO6. The van der Waals surface area contributed by atoms with E-state index in [-0.39, 0.29) is 17.3 Å². The number of ether oxygens (including phenoxy) is 2. The van der Waals surface area contributed by atoms with Crippen molar-refractivity contribution in [3.05, 3.63) is 82.3 Å². The second kappa shape index (κ2) is 9.93. The van der Waals surface area contributed by atoms with Gasteiger partial charge in [-0.3, -0.25) is 14.5 Å². The van der Waals surface area contributed by atoms with Crippen molar-refractivity contribution >= 4 is 23.1 Å². The molecule has 1 aliphatic rings. The number of nitrogens with zero attached hydrogens (tertiary/aromatic N) is 1. The van der Waals surface area contributed by atoms with E-state index in [0.717, 1.165) is 11.1 Å². The highest BCUT2D eigenvalue weighted by Crippen LogP contribution is 2.44. The van der Waals surface area contributed by atoms with Crippen LogP contribution in [0.4, 0.5) is 5.69 Å². The molecule has 1 unspecified atom stereocenters. The molecule has 188 valence electrons. The van der Waals surface area contributed by atoms with Crippen molar-refractivity contribution in [1.29, 1.82) is 0 Å². The first-order valence-electron chi connectivity index (χ1n) is 12.0. The van der Waals surface area contributed by atoms with E-state index in [1.54, 1.807) is 50.4 Å². The second-order valence-corrected chi connectivity index (χ2v) is 9.11. The zero-order valence-corrected chi connectivity index (χ0v) is 21.4. The highest BCUT2D eigenvalue weighted by molar-refractivity contribution is 6.51. The Hall–Kier alpha value is -4.00. The number of benzene rings is 2. The minimum atomic E-state index is -0.930. The fraction of sp³-hybridized carbons (Fsp3) is 0.310. The van der Waals surface area contributed by atoms with Crippen molar-refractivity contribution in [1.82, 2.24) is 0 Å². The van der Waals surface area contributed by atoms with E-state index in [9.17, 15) is 14.7 Å². The largest absolute Gasteiger partial charge is 0.507 e. The average Bonchev–Trinajstić information content (AvgIpc) is 3.39. The number of carbonyl (C=O) groups excluding carboxylic acids is 2. The van der Waals surface area contributed by atoms with Crippen LogP contribution in [0.25, 0.3) is 5.76 Å². The molecule has 1 atom stereocenters. The summed E-state index contributed by atoms with van der Waals surface area (Å²) in [6.07, 6.45) is 0. The Morgan fingerprint density at radius 1 is 1.08 bits per heavy atom. The van der Waals surface area contributed by atoms with Gasteiger partial charge in [-0.25, -0.2) is 0 Å². The predicted octanol–water partition coefficient (Wildman–Crippen LogP) is 6.05. The van der Waals surface area contributed by atoms with Gasteiger partial charge < -0.3 is 19.0 Å². The molecule has 2 aromatic carbocycles. The van der Waals surface area contributed by atoms with Crippen LogP contribution in [0, 0.1) is 13.8 Å². The summed E-state index contributed by atoms with van der Waals surface area (Å²) < 4.78 is 16.9. The van der Waals surface area contributed by atoms with E-state index in [4.69, 9.17) is 13.9 Å². The first-order chi connectivity index (χ1) is 17.2. The van der Waals surface area contributed by atoms with Crippen molar-refractivity contribution in [3.63, 3.8) is 0 Å². The number of amides is 1. The zero-order chi connectivity index (χ0) is 26.1. The molecule has 4 rings (SSSR count). The van der Waals surface area contributed by atoms with Gasteiger partial charge >= 0.3 is 0 Å². The number of ketones is 1. The van der Waals surface area contributed by atoms with Crippen LogP contribution in [0.15, 0.2) is 58.5 Å². The molecule has 1 saturated heterocycles. The molecule has 1 aromatic heterocycles. The van der Waals surface area contributed by atoms with Gasteiger partial charge in [0.1, 0.15) is 34.8 Å². The molecule has 0 aliphatic carbocycles. The predicted molar refractivity (Wildman–Crippen MR) is 138 cm³/mol. The second-order valence-electron chi connectivity index (χ2n) is 9.11. The molecule has 1 aliphatic heterocycles. The van der Waals surface area contributed by atoms with Gasteiger partial charge in [0, 0.05) is 11.3 Å². The lowest BCUT2D eigenvalue weighted by atomic mass is 9.92. The third kappa shape index (κ3) is 4.37. The van der Waals surface area contributed by atoms with Crippen molar-refractivity contribution in [2.24, 2.45) is 0 Å². The number of aliphatic hydroxyl groups is 1. The Labute approximate surface area is 210 Å². The Bertz CT molecular complexity index is 1330. The van der Waals surface area contributed by atoms with Crippen LogP contribution < -0.4 is 14.4 Å². The lowest BCUT2D eigenvalue weighted by molar-refractivity contribution is -0.132. The van der Waals surface area contributed by atoms with Crippen molar-refractivity contribution in [2.75, 3.05) is 18.6 Å². The summed E-state index contributed by atoms with van der Waals surface area (Å²) in [6.45, 7) is 10.1. The SMILES string of the molecule is CCOc1ccc(N2C(=O)C(=O)/C(=C(/O)c3cc(C(C)C)c(OC)cc3C)C2c2ccc(C)o2)cc1. The number of aliphatic hydroxyl groups excluding tert-OH is 1. The molecule has 0 saturated carbocycles.